The third-order valence-corrected chi connectivity index (χ3v) is 20.1. The zero-order valence-electron chi connectivity index (χ0n) is 50.6. The Labute approximate surface area is 498 Å². The summed E-state index contributed by atoms with van der Waals surface area (Å²) < 4.78 is 30.8. The van der Waals surface area contributed by atoms with Crippen LogP contribution in [0.1, 0.15) is 145 Å². The Hall–Kier alpha value is -7.19. The minimum atomic E-state index is -4.79. The number of aliphatic imine (C=N–C) groups is 3. The number of ether oxygens (including phenoxy) is 1. The maximum Gasteiger partial charge on any atom is 0.472 e. The molecule has 6 aliphatic rings. The molecule has 8 bridgehead atoms. The molecule has 1 unspecified atom stereocenters. The Morgan fingerprint density at radius 1 is 0.802 bits per heavy atom. The molecule has 0 saturated carbocycles. The number of allylic oxidation sites excluding steroid dienone is 6. The number of nitrogens with zero attached hydrogens (tertiary/aromatic N) is 4. The molecule has 0 aliphatic carbocycles. The van der Waals surface area contributed by atoms with E-state index in [1.807, 2.05) is 61.5 Å². The molecule has 28 heteroatoms. The van der Waals surface area contributed by atoms with Crippen molar-refractivity contribution < 1.29 is 56.8 Å². The van der Waals surface area contributed by atoms with E-state index < -0.39 is 142 Å². The minimum Gasteiger partial charge on any atom is -0.370 e. The number of phosphoric acid groups is 1. The summed E-state index contributed by atoms with van der Waals surface area (Å²) in [6, 6.07) is -1.03. The van der Waals surface area contributed by atoms with Gasteiger partial charge < -0.3 is 54.7 Å². The molecule has 7 rings (SSSR count). The predicted molar refractivity (Wildman–Crippen MR) is 318 cm³/mol. The van der Waals surface area contributed by atoms with E-state index in [1.165, 1.54) is 32.2 Å². The van der Waals surface area contributed by atoms with Gasteiger partial charge in [0.1, 0.15) is 6.10 Å². The monoisotopic (exact) mass is 1220 g/mol. The zero-order valence-corrected chi connectivity index (χ0v) is 51.5. The van der Waals surface area contributed by atoms with E-state index in [9.17, 15) is 52.6 Å². The van der Waals surface area contributed by atoms with Gasteiger partial charge >= 0.3 is 13.5 Å². The lowest BCUT2D eigenvalue weighted by Crippen LogP contribution is -2.56. The molecule has 1 aromatic rings. The van der Waals surface area contributed by atoms with Crippen LogP contribution in [0.25, 0.3) is 0 Å². The molecule has 470 valence electrons. The summed E-state index contributed by atoms with van der Waals surface area (Å²) >= 11 is 0. The van der Waals surface area contributed by atoms with Gasteiger partial charge in [-0.25, -0.2) is 9.36 Å². The predicted octanol–water partition coefficient (Wildman–Crippen LogP) is 2.19. The van der Waals surface area contributed by atoms with Crippen molar-refractivity contribution in [2.45, 2.75) is 170 Å². The van der Waals surface area contributed by atoms with Crippen LogP contribution in [0.2, 0.25) is 0 Å². The number of primary amides is 6. The van der Waals surface area contributed by atoms with Crippen LogP contribution in [0.15, 0.2) is 77.2 Å². The Balaban J connectivity index is 1.31. The number of carbonyl (C=O) groups excluding carboxylic acids is 7. The van der Waals surface area contributed by atoms with Crippen LogP contribution >= 0.6 is 7.82 Å². The first-order chi connectivity index (χ1) is 39.9. The number of H-pyrrole nitrogens is 1. The first kappa shape index (κ1) is 66.3. The van der Waals surface area contributed by atoms with Gasteiger partial charge in [-0.2, -0.15) is 0 Å². The average Bonchev–Trinajstić information content (AvgIpc) is 1.83. The number of fused-ring (bicyclic) bond motifs is 6. The van der Waals surface area contributed by atoms with Crippen molar-refractivity contribution in [2.24, 2.45) is 94.7 Å². The molecule has 0 radical (unpaired) electrons. The standard InChI is InChI=1S/C58H84N13O14P/c1-28-26-71(53(80)69-52(28)79)46-18-11-32(84-46)27-83-86(81,82)85-29(2)25-65-45(78)19-20-55(7)36(21-42(62)75)51-58(10)57(9,24-44(64)77)35(14-17-41(61)74)48(70-58)31(4)50-56(8,23-43(63)76)33(12-15-39(59)72)37(66-50)22-38-54(5,6)34(13-16-40(60)73)47(67-38)30(3)49(55)68-51/h11,18,22,26,29,32-36,46,51,66H,12-17,19-21,23-25,27H2,1-10H3,(H2,59,72)(H2,60,73)(H2,61,74)(H2,62,75)(H2,63,76)(H2,64,77)(H,65,78)(H,81,82)(H,69,79,80)/b37-22-,47-30-,50-31-/t29-,32+,33-,34-,35-,36+,46+,51-,55-,56+,57+,58+/m1/s1. The highest BCUT2D eigenvalue weighted by molar-refractivity contribution is 7.47. The van der Waals surface area contributed by atoms with Crippen molar-refractivity contribution in [3.05, 3.63) is 79.1 Å². The molecule has 0 spiro atoms. The fraction of sp³-hybridized carbons (Fsp3) is 0.621. The maximum atomic E-state index is 14.2. The first-order valence-corrected chi connectivity index (χ1v) is 30.3. The average molecular weight is 1220 g/mol. The summed E-state index contributed by atoms with van der Waals surface area (Å²) in [5.74, 6) is -7.10. The summed E-state index contributed by atoms with van der Waals surface area (Å²) in [5, 5.41) is 6.42. The van der Waals surface area contributed by atoms with E-state index in [2.05, 4.69) is 15.6 Å². The van der Waals surface area contributed by atoms with Crippen molar-refractivity contribution in [2.75, 3.05) is 13.2 Å². The molecule has 86 heavy (non-hydrogen) atoms. The molecule has 0 aromatic carbocycles. The van der Waals surface area contributed by atoms with Gasteiger partial charge in [0.25, 0.3) is 5.56 Å². The Morgan fingerprint density at radius 3 is 2.00 bits per heavy atom. The second kappa shape index (κ2) is 24.9. The topological polar surface area (TPSA) is 457 Å². The van der Waals surface area contributed by atoms with Crippen molar-refractivity contribution in [3.8, 4) is 0 Å². The molecule has 7 heterocycles. The van der Waals surface area contributed by atoms with E-state index in [0.29, 0.717) is 45.4 Å². The van der Waals surface area contributed by atoms with E-state index >= 15 is 0 Å². The van der Waals surface area contributed by atoms with Crippen LogP contribution in [0, 0.1) is 52.3 Å². The highest BCUT2D eigenvalue weighted by Crippen LogP contribution is 2.62. The van der Waals surface area contributed by atoms with Gasteiger partial charge in [0.05, 0.1) is 24.3 Å². The first-order valence-electron chi connectivity index (χ1n) is 28.9. The number of aromatic amines is 1. The van der Waals surface area contributed by atoms with Crippen molar-refractivity contribution in [1.29, 1.82) is 0 Å². The van der Waals surface area contributed by atoms with Gasteiger partial charge in [-0.3, -0.25) is 71.9 Å². The Kier molecular flexibility index (Phi) is 19.2. The largest absolute Gasteiger partial charge is 0.472 e. The molecule has 1 fully saturated rings. The lowest BCUT2D eigenvalue weighted by Gasteiger charge is -2.48. The number of aromatic nitrogens is 2. The van der Waals surface area contributed by atoms with Gasteiger partial charge in [0.2, 0.25) is 41.4 Å². The maximum absolute atomic E-state index is 14.2. The summed E-state index contributed by atoms with van der Waals surface area (Å²) in [4.78, 5) is 147. The Morgan fingerprint density at radius 2 is 1.41 bits per heavy atom. The molecule has 7 amide bonds. The van der Waals surface area contributed by atoms with Crippen LogP contribution < -0.4 is 56.3 Å². The van der Waals surface area contributed by atoms with Crippen LogP contribution in [0.4, 0.5) is 0 Å². The van der Waals surface area contributed by atoms with Gasteiger partial charge in [-0.05, 0) is 83.6 Å². The zero-order chi connectivity index (χ0) is 64.0. The lowest BCUT2D eigenvalue weighted by molar-refractivity contribution is -0.124. The molecule has 27 nitrogen and oxygen atoms in total. The SMILES string of the molecule is C/C1=C2N=C(/C=C3\N/C(=C(/C)C4=N[C@@](C)([C@@H]5N=C1[C@](C)(CCC(=O)NC[C@@H](C)OP(=O)(O)OC[C@@H]1C=C[C@@H](n6cc(C)c(=O)[nH]c6=O)O1)[C@H]5CC(N)=O)[C@@](C)(CC(N)=O)[C@@H]4CCC(N)=O)[C@@](C)(CC(N)=O)[C@@H]3CCC(N)=O)C(C)(C)[C@@H]/2CCC(N)=O. The lowest BCUT2D eigenvalue weighted by atomic mass is 9.55. The highest BCUT2D eigenvalue weighted by atomic mass is 31.2. The summed E-state index contributed by atoms with van der Waals surface area (Å²) in [7, 11) is -4.79. The highest BCUT2D eigenvalue weighted by Gasteiger charge is 2.66. The fourth-order valence-corrected chi connectivity index (χ4v) is 15.2. The molecular weight excluding hydrogens is 1130 g/mol. The number of phosphoric ester groups is 1. The number of carbonyl (C=O) groups is 7. The smallest absolute Gasteiger partial charge is 0.370 e. The summed E-state index contributed by atoms with van der Waals surface area (Å²) in [6.45, 7) is 17.2. The normalized spacial score (nSPS) is 33.2. The number of hydrogen-bond acceptors (Lipinski definition) is 17. The summed E-state index contributed by atoms with van der Waals surface area (Å²) in [6.07, 6.45) is 2.55. The van der Waals surface area contributed by atoms with Gasteiger partial charge in [0.15, 0.2) is 6.23 Å². The molecule has 1 aromatic heterocycles. The second-order valence-corrected chi connectivity index (χ2v) is 26.8. The number of rotatable bonds is 26. The third kappa shape index (κ3) is 13.2. The quantitative estimate of drug-likeness (QED) is 0.0470. The summed E-state index contributed by atoms with van der Waals surface area (Å²) in [5.41, 5.74) is 33.2. The minimum absolute atomic E-state index is 0.00843. The van der Waals surface area contributed by atoms with Crippen LogP contribution in [-0.2, 0) is 51.9 Å². The van der Waals surface area contributed by atoms with E-state index in [1.54, 1.807) is 0 Å². The van der Waals surface area contributed by atoms with E-state index in [0.717, 1.165) is 4.57 Å². The van der Waals surface area contributed by atoms with Gasteiger partial charge in [-0.1, -0.05) is 40.7 Å². The van der Waals surface area contributed by atoms with Crippen LogP contribution in [0.3, 0.4) is 0 Å². The Bertz CT molecular complexity index is 3400. The van der Waals surface area contributed by atoms with Gasteiger partial charge in [0, 0.05) is 143 Å². The van der Waals surface area contributed by atoms with Crippen LogP contribution in [-0.4, -0.2) is 110 Å². The molecule has 16 N–H and O–H groups in total. The van der Waals surface area contributed by atoms with Crippen molar-refractivity contribution in [3.63, 3.8) is 0 Å². The fourth-order valence-electron chi connectivity index (χ4n) is 14.3. The van der Waals surface area contributed by atoms with Crippen molar-refractivity contribution >= 4 is 66.3 Å². The number of amides is 7. The van der Waals surface area contributed by atoms with Crippen LogP contribution in [0.5, 0.6) is 0 Å². The molecule has 13 atom stereocenters. The number of nitrogens with two attached hydrogens (primary N) is 6. The van der Waals surface area contributed by atoms with Crippen molar-refractivity contribution in [1.82, 2.24) is 20.2 Å². The molecule has 1 saturated heterocycles. The second-order valence-electron chi connectivity index (χ2n) is 25.4. The number of hydrogen-bond donors (Lipinski definition) is 10. The van der Waals surface area contributed by atoms with Gasteiger partial charge in [-0.15, -0.1) is 0 Å². The van der Waals surface area contributed by atoms with E-state index in [4.69, 9.17) is 63.2 Å². The van der Waals surface area contributed by atoms with E-state index in [-0.39, 0.29) is 82.7 Å². The molecule has 6 aliphatic heterocycles. The number of aryl methyl sites for hydroxylation is 1. The molecular formula is C58H84N13O14P. The number of nitrogens with one attached hydrogen (secondary N) is 3. The third-order valence-electron chi connectivity index (χ3n) is 19.0.